The van der Waals surface area contributed by atoms with Gasteiger partial charge in [-0.25, -0.2) is 9.97 Å². The summed E-state index contributed by atoms with van der Waals surface area (Å²) in [7, 11) is 0. The molecule has 6 heteroatoms. The summed E-state index contributed by atoms with van der Waals surface area (Å²) in [6.45, 7) is 5.72. The third kappa shape index (κ3) is 4.01. The molecule has 6 nitrogen and oxygen atoms in total. The minimum absolute atomic E-state index is 0.0155. The zero-order chi connectivity index (χ0) is 16.8. The van der Waals surface area contributed by atoms with E-state index in [-0.39, 0.29) is 5.91 Å². The Balaban J connectivity index is 1.55. The number of piperazine rings is 1. The van der Waals surface area contributed by atoms with Crippen LogP contribution in [0.1, 0.15) is 19.8 Å². The van der Waals surface area contributed by atoms with Gasteiger partial charge in [0.15, 0.2) is 0 Å². The van der Waals surface area contributed by atoms with Gasteiger partial charge in [0.05, 0.1) is 11.9 Å². The van der Waals surface area contributed by atoms with Crippen molar-refractivity contribution >= 4 is 23.2 Å². The van der Waals surface area contributed by atoms with Crippen LogP contribution in [0, 0.1) is 0 Å². The maximum absolute atomic E-state index is 11.6. The van der Waals surface area contributed by atoms with Crippen LogP contribution in [-0.2, 0) is 4.79 Å². The minimum Gasteiger partial charge on any atom is -0.367 e. The second-order valence-electron chi connectivity index (χ2n) is 5.86. The predicted molar refractivity (Wildman–Crippen MR) is 96.4 cm³/mol. The van der Waals surface area contributed by atoms with E-state index in [9.17, 15) is 4.79 Å². The third-order valence-electron chi connectivity index (χ3n) is 4.11. The fourth-order valence-electron chi connectivity index (χ4n) is 2.81. The van der Waals surface area contributed by atoms with Crippen LogP contribution in [0.5, 0.6) is 0 Å². The Hall–Kier alpha value is -2.63. The molecule has 0 atom stereocenters. The van der Waals surface area contributed by atoms with E-state index in [1.807, 2.05) is 49.6 Å². The lowest BCUT2D eigenvalue weighted by molar-refractivity contribution is -0.116. The number of aromatic nitrogens is 2. The van der Waals surface area contributed by atoms with E-state index in [4.69, 9.17) is 0 Å². The molecule has 0 bridgehead atoms. The Morgan fingerprint density at radius 1 is 1.08 bits per heavy atom. The summed E-state index contributed by atoms with van der Waals surface area (Å²) in [5.74, 6) is 1.66. The summed E-state index contributed by atoms with van der Waals surface area (Å²) in [6.07, 6.45) is 5.03. The second-order valence-corrected chi connectivity index (χ2v) is 5.86. The van der Waals surface area contributed by atoms with E-state index < -0.39 is 0 Å². The minimum atomic E-state index is 0.0155. The van der Waals surface area contributed by atoms with Crippen LogP contribution in [0.3, 0.4) is 0 Å². The number of pyridine rings is 2. The van der Waals surface area contributed by atoms with Crippen LogP contribution in [-0.4, -0.2) is 42.1 Å². The van der Waals surface area contributed by atoms with Gasteiger partial charge in [-0.1, -0.05) is 13.0 Å². The van der Waals surface area contributed by atoms with Crippen molar-refractivity contribution in [2.24, 2.45) is 0 Å². The van der Waals surface area contributed by atoms with Gasteiger partial charge in [0, 0.05) is 38.8 Å². The smallest absolute Gasteiger partial charge is 0.225 e. The Labute approximate surface area is 142 Å². The Bertz CT molecular complexity index is 651. The molecular formula is C18H23N5O. The molecule has 2 aromatic heterocycles. The van der Waals surface area contributed by atoms with E-state index in [2.05, 4.69) is 25.1 Å². The van der Waals surface area contributed by atoms with Crippen LogP contribution in [0.15, 0.2) is 42.7 Å². The molecule has 1 amide bonds. The highest BCUT2D eigenvalue weighted by molar-refractivity contribution is 5.89. The first-order valence-corrected chi connectivity index (χ1v) is 8.43. The van der Waals surface area contributed by atoms with Gasteiger partial charge in [-0.05, 0) is 30.7 Å². The largest absolute Gasteiger partial charge is 0.367 e. The monoisotopic (exact) mass is 325 g/mol. The number of anilines is 3. The van der Waals surface area contributed by atoms with Crippen molar-refractivity contribution in [3.8, 4) is 0 Å². The first-order valence-electron chi connectivity index (χ1n) is 8.43. The van der Waals surface area contributed by atoms with E-state index in [0.29, 0.717) is 12.2 Å². The molecule has 3 heterocycles. The van der Waals surface area contributed by atoms with Crippen molar-refractivity contribution in [2.45, 2.75) is 19.8 Å². The average Bonchev–Trinajstić information content (AvgIpc) is 2.63. The summed E-state index contributed by atoms with van der Waals surface area (Å²) >= 11 is 0. The molecule has 1 aliphatic heterocycles. The quantitative estimate of drug-likeness (QED) is 0.915. The molecule has 3 rings (SSSR count). The number of nitrogens with one attached hydrogen (secondary N) is 1. The molecule has 0 radical (unpaired) electrons. The molecule has 1 fully saturated rings. The molecule has 1 saturated heterocycles. The number of carbonyl (C=O) groups is 1. The van der Waals surface area contributed by atoms with Crippen LogP contribution < -0.4 is 15.1 Å². The molecule has 0 spiro atoms. The molecule has 0 unspecified atom stereocenters. The summed E-state index contributed by atoms with van der Waals surface area (Å²) in [4.78, 5) is 25.0. The van der Waals surface area contributed by atoms with E-state index >= 15 is 0 Å². The second kappa shape index (κ2) is 7.77. The Kier molecular flexibility index (Phi) is 5.25. The number of carbonyl (C=O) groups excluding carboxylic acids is 1. The zero-order valence-corrected chi connectivity index (χ0v) is 14.0. The Morgan fingerprint density at radius 3 is 2.50 bits per heavy atom. The van der Waals surface area contributed by atoms with Crippen LogP contribution >= 0.6 is 0 Å². The number of rotatable bonds is 5. The molecule has 24 heavy (non-hydrogen) atoms. The van der Waals surface area contributed by atoms with Gasteiger partial charge in [0.2, 0.25) is 5.91 Å². The highest BCUT2D eigenvalue weighted by atomic mass is 16.1. The fraction of sp³-hybridized carbons (Fsp3) is 0.389. The number of nitrogens with zero attached hydrogens (tertiary/aromatic N) is 4. The molecule has 126 valence electrons. The number of hydrogen-bond donors (Lipinski definition) is 1. The molecular weight excluding hydrogens is 302 g/mol. The van der Waals surface area contributed by atoms with Gasteiger partial charge in [-0.2, -0.15) is 0 Å². The topological polar surface area (TPSA) is 61.4 Å². The number of amides is 1. The van der Waals surface area contributed by atoms with E-state index in [1.54, 1.807) is 0 Å². The van der Waals surface area contributed by atoms with Crippen molar-refractivity contribution in [1.29, 1.82) is 0 Å². The predicted octanol–water partition coefficient (Wildman–Crippen LogP) is 2.54. The first kappa shape index (κ1) is 16.2. The highest BCUT2D eigenvalue weighted by Gasteiger charge is 2.18. The first-order chi connectivity index (χ1) is 11.8. The lowest BCUT2D eigenvalue weighted by atomic mass is 10.2. The molecule has 1 N–H and O–H groups in total. The zero-order valence-electron chi connectivity index (χ0n) is 14.0. The van der Waals surface area contributed by atoms with Gasteiger partial charge in [-0.15, -0.1) is 0 Å². The summed E-state index contributed by atoms with van der Waals surface area (Å²) in [6, 6.07) is 9.89. The van der Waals surface area contributed by atoms with Gasteiger partial charge in [-0.3, -0.25) is 4.79 Å². The van der Waals surface area contributed by atoms with Gasteiger partial charge in [0.1, 0.15) is 11.6 Å². The standard InChI is InChI=1S/C18H23N5O/c1-2-5-18(24)21-16-8-7-15(14-20-16)22-10-12-23(13-11-22)17-6-3-4-9-19-17/h3-4,6-9,14H,2,5,10-13H2,1H3,(H,20,21,24). The van der Waals surface area contributed by atoms with Crippen LogP contribution in [0.25, 0.3) is 0 Å². The fourth-order valence-corrected chi connectivity index (χ4v) is 2.81. The average molecular weight is 325 g/mol. The molecule has 0 aliphatic carbocycles. The van der Waals surface area contributed by atoms with E-state index in [1.165, 1.54) is 0 Å². The van der Waals surface area contributed by atoms with Gasteiger partial charge >= 0.3 is 0 Å². The highest BCUT2D eigenvalue weighted by Crippen LogP contribution is 2.19. The van der Waals surface area contributed by atoms with Crippen LogP contribution in [0.4, 0.5) is 17.3 Å². The van der Waals surface area contributed by atoms with Crippen molar-refractivity contribution in [3.05, 3.63) is 42.7 Å². The lowest BCUT2D eigenvalue weighted by Gasteiger charge is -2.36. The van der Waals surface area contributed by atoms with Crippen molar-refractivity contribution < 1.29 is 4.79 Å². The molecule has 2 aromatic rings. The normalized spacial score (nSPS) is 14.5. The van der Waals surface area contributed by atoms with Gasteiger partial charge in [0.25, 0.3) is 0 Å². The maximum Gasteiger partial charge on any atom is 0.225 e. The third-order valence-corrected chi connectivity index (χ3v) is 4.11. The van der Waals surface area contributed by atoms with Crippen LogP contribution in [0.2, 0.25) is 0 Å². The summed E-state index contributed by atoms with van der Waals surface area (Å²) in [5, 5.41) is 2.82. The summed E-state index contributed by atoms with van der Waals surface area (Å²) < 4.78 is 0. The molecule has 0 aromatic carbocycles. The lowest BCUT2D eigenvalue weighted by Crippen LogP contribution is -2.46. The van der Waals surface area contributed by atoms with Crippen molar-refractivity contribution in [2.75, 3.05) is 41.3 Å². The van der Waals surface area contributed by atoms with Gasteiger partial charge < -0.3 is 15.1 Å². The Morgan fingerprint density at radius 2 is 1.88 bits per heavy atom. The van der Waals surface area contributed by atoms with E-state index in [0.717, 1.165) is 44.1 Å². The van der Waals surface area contributed by atoms with Crippen molar-refractivity contribution in [3.63, 3.8) is 0 Å². The maximum atomic E-state index is 11.6. The summed E-state index contributed by atoms with van der Waals surface area (Å²) in [5.41, 5.74) is 1.09. The SMILES string of the molecule is CCCC(=O)Nc1ccc(N2CCN(c3ccccn3)CC2)cn1. The van der Waals surface area contributed by atoms with Crippen molar-refractivity contribution in [1.82, 2.24) is 9.97 Å². The molecule has 0 saturated carbocycles. The number of hydrogen-bond acceptors (Lipinski definition) is 5. The molecule has 1 aliphatic rings.